The lowest BCUT2D eigenvalue weighted by Crippen LogP contribution is -2.38. The molecule has 0 saturated carbocycles. The monoisotopic (exact) mass is 261 g/mol. The van der Waals surface area contributed by atoms with E-state index in [1.54, 1.807) is 5.38 Å². The molecule has 2 N–H and O–H groups in total. The van der Waals surface area contributed by atoms with Crippen molar-refractivity contribution in [2.75, 3.05) is 13.1 Å². The smallest absolute Gasteiger partial charge is 0.307 e. The van der Waals surface area contributed by atoms with E-state index in [1.165, 1.54) is 16.7 Å². The van der Waals surface area contributed by atoms with Crippen LogP contribution in [0, 0.1) is 5.92 Å². The van der Waals surface area contributed by atoms with E-state index in [4.69, 9.17) is 5.11 Å². The molecular weight excluding hydrogens is 248 g/mol. The molecule has 2 unspecified atom stereocenters. The van der Waals surface area contributed by atoms with Crippen molar-refractivity contribution in [2.24, 2.45) is 5.92 Å². The van der Waals surface area contributed by atoms with E-state index in [2.05, 4.69) is 5.32 Å². The summed E-state index contributed by atoms with van der Waals surface area (Å²) in [7, 11) is 0. The predicted molar refractivity (Wildman–Crippen MR) is 60.6 cm³/mol. The number of carbonyl (C=O) groups is 1. The van der Waals surface area contributed by atoms with Crippen LogP contribution in [0.3, 0.4) is 0 Å². The molecule has 1 aromatic heterocycles. The maximum absolute atomic E-state index is 12.8. The van der Waals surface area contributed by atoms with E-state index >= 15 is 0 Å². The number of nitrogens with one attached hydrogen (secondary N) is 1. The SMILES string of the molecule is O=C(O)C1CCNCC1c1cscc1C(F)F. The second-order valence-corrected chi connectivity index (χ2v) is 4.87. The van der Waals surface area contributed by atoms with Gasteiger partial charge >= 0.3 is 5.97 Å². The van der Waals surface area contributed by atoms with E-state index in [-0.39, 0.29) is 11.5 Å². The Morgan fingerprint density at radius 2 is 2.29 bits per heavy atom. The largest absolute Gasteiger partial charge is 0.481 e. The van der Waals surface area contributed by atoms with Crippen molar-refractivity contribution in [2.45, 2.75) is 18.8 Å². The van der Waals surface area contributed by atoms with Gasteiger partial charge in [-0.25, -0.2) is 8.78 Å². The van der Waals surface area contributed by atoms with Crippen LogP contribution in [0.2, 0.25) is 0 Å². The van der Waals surface area contributed by atoms with Gasteiger partial charge in [-0.3, -0.25) is 4.79 Å². The van der Waals surface area contributed by atoms with E-state index in [0.29, 0.717) is 25.1 Å². The number of piperidine rings is 1. The molecule has 6 heteroatoms. The summed E-state index contributed by atoms with van der Waals surface area (Å²) >= 11 is 1.20. The molecule has 1 saturated heterocycles. The van der Waals surface area contributed by atoms with Crippen LogP contribution in [-0.4, -0.2) is 24.2 Å². The number of carboxylic acids is 1. The number of aliphatic carboxylic acids is 1. The fourth-order valence-electron chi connectivity index (χ4n) is 2.28. The first kappa shape index (κ1) is 12.4. The summed E-state index contributed by atoms with van der Waals surface area (Å²) < 4.78 is 25.6. The molecule has 2 atom stereocenters. The van der Waals surface area contributed by atoms with Gasteiger partial charge in [0.25, 0.3) is 6.43 Å². The molecule has 1 aliphatic heterocycles. The first-order chi connectivity index (χ1) is 8.11. The fraction of sp³-hybridized carbons (Fsp3) is 0.545. The van der Waals surface area contributed by atoms with Crippen LogP contribution in [0.4, 0.5) is 8.78 Å². The third-order valence-corrected chi connectivity index (χ3v) is 3.94. The Labute approximate surface area is 101 Å². The molecule has 3 nitrogen and oxygen atoms in total. The molecule has 94 valence electrons. The van der Waals surface area contributed by atoms with Crippen molar-refractivity contribution in [3.63, 3.8) is 0 Å². The minimum Gasteiger partial charge on any atom is -0.481 e. The molecule has 0 aliphatic carbocycles. The molecule has 0 radical (unpaired) electrons. The highest BCUT2D eigenvalue weighted by atomic mass is 32.1. The first-order valence-electron chi connectivity index (χ1n) is 5.39. The summed E-state index contributed by atoms with van der Waals surface area (Å²) in [5.41, 5.74) is 0.472. The molecule has 0 spiro atoms. The third kappa shape index (κ3) is 2.47. The van der Waals surface area contributed by atoms with Gasteiger partial charge in [-0.15, -0.1) is 0 Å². The lowest BCUT2D eigenvalue weighted by Gasteiger charge is -2.29. The van der Waals surface area contributed by atoms with Gasteiger partial charge in [-0.1, -0.05) is 0 Å². The van der Waals surface area contributed by atoms with Crippen molar-refractivity contribution in [1.82, 2.24) is 5.32 Å². The minimum absolute atomic E-state index is 0.0186. The summed E-state index contributed by atoms with van der Waals surface area (Å²) in [6, 6.07) is 0. The standard InChI is InChI=1S/C11H13F2NO2S/c12-10(13)9-5-17-4-8(9)7-3-14-2-1-6(7)11(15)16/h4-7,10,14H,1-3H2,(H,15,16). The van der Waals surface area contributed by atoms with Gasteiger partial charge in [-0.2, -0.15) is 11.3 Å². The molecule has 0 amide bonds. The fourth-order valence-corrected chi connectivity index (χ4v) is 3.19. The minimum atomic E-state index is -2.53. The number of hydrogen-bond acceptors (Lipinski definition) is 3. The van der Waals surface area contributed by atoms with Gasteiger partial charge in [0.15, 0.2) is 0 Å². The zero-order chi connectivity index (χ0) is 12.4. The van der Waals surface area contributed by atoms with E-state index in [9.17, 15) is 13.6 Å². The molecule has 1 aliphatic rings. The maximum atomic E-state index is 12.8. The van der Waals surface area contributed by atoms with Gasteiger partial charge < -0.3 is 10.4 Å². The van der Waals surface area contributed by atoms with Crippen LogP contribution < -0.4 is 5.32 Å². The van der Waals surface area contributed by atoms with E-state index in [0.717, 1.165) is 0 Å². The zero-order valence-electron chi connectivity index (χ0n) is 9.03. The topological polar surface area (TPSA) is 49.3 Å². The summed E-state index contributed by atoms with van der Waals surface area (Å²) in [6.45, 7) is 1.08. The van der Waals surface area contributed by atoms with Crippen LogP contribution in [0.1, 0.15) is 29.9 Å². The summed E-state index contributed by atoms with van der Waals surface area (Å²) in [5, 5.41) is 15.3. The molecule has 2 heterocycles. The highest BCUT2D eigenvalue weighted by molar-refractivity contribution is 7.08. The van der Waals surface area contributed by atoms with Gasteiger partial charge in [0.05, 0.1) is 5.92 Å². The Kier molecular flexibility index (Phi) is 3.73. The van der Waals surface area contributed by atoms with Gasteiger partial charge in [0.2, 0.25) is 0 Å². The van der Waals surface area contributed by atoms with E-state index in [1.807, 2.05) is 0 Å². The molecule has 17 heavy (non-hydrogen) atoms. The number of hydrogen-bond donors (Lipinski definition) is 2. The van der Waals surface area contributed by atoms with Crippen molar-refractivity contribution >= 4 is 17.3 Å². The Morgan fingerprint density at radius 1 is 1.53 bits per heavy atom. The van der Waals surface area contributed by atoms with Crippen LogP contribution in [0.15, 0.2) is 10.8 Å². The van der Waals surface area contributed by atoms with Crippen molar-refractivity contribution in [3.05, 3.63) is 21.9 Å². The lowest BCUT2D eigenvalue weighted by atomic mass is 9.81. The zero-order valence-corrected chi connectivity index (χ0v) is 9.84. The second-order valence-electron chi connectivity index (χ2n) is 4.13. The number of rotatable bonds is 3. The summed E-state index contributed by atoms with van der Waals surface area (Å²) in [5.74, 6) is -1.82. The quantitative estimate of drug-likeness (QED) is 0.878. The Bertz CT molecular complexity index is 408. The average molecular weight is 261 g/mol. The summed E-state index contributed by atoms with van der Waals surface area (Å²) in [6.07, 6.45) is -2.05. The van der Waals surface area contributed by atoms with Gasteiger partial charge in [-0.05, 0) is 29.3 Å². The lowest BCUT2D eigenvalue weighted by molar-refractivity contribution is -0.143. The number of carboxylic acid groups (broad SMARTS) is 1. The van der Waals surface area contributed by atoms with Crippen LogP contribution in [0.25, 0.3) is 0 Å². The van der Waals surface area contributed by atoms with Crippen molar-refractivity contribution in [3.8, 4) is 0 Å². The molecule has 2 rings (SSSR count). The third-order valence-electron chi connectivity index (χ3n) is 3.16. The second kappa shape index (κ2) is 5.10. The molecule has 0 aromatic carbocycles. The molecule has 1 fully saturated rings. The number of alkyl halides is 2. The normalized spacial score (nSPS) is 25.1. The summed E-state index contributed by atoms with van der Waals surface area (Å²) in [4.78, 5) is 11.1. The maximum Gasteiger partial charge on any atom is 0.307 e. The van der Waals surface area contributed by atoms with Crippen molar-refractivity contribution in [1.29, 1.82) is 0 Å². The van der Waals surface area contributed by atoms with Crippen LogP contribution >= 0.6 is 11.3 Å². The molecule has 1 aromatic rings. The average Bonchev–Trinajstić information content (AvgIpc) is 2.77. The number of halogens is 2. The van der Waals surface area contributed by atoms with Crippen LogP contribution in [-0.2, 0) is 4.79 Å². The van der Waals surface area contributed by atoms with Crippen molar-refractivity contribution < 1.29 is 18.7 Å². The first-order valence-corrected chi connectivity index (χ1v) is 6.33. The number of thiophene rings is 1. The Morgan fingerprint density at radius 3 is 2.94 bits per heavy atom. The molecule has 0 bridgehead atoms. The molecular formula is C11H13F2NO2S. The Hall–Kier alpha value is -1.01. The Balaban J connectivity index is 2.29. The van der Waals surface area contributed by atoms with Gasteiger partial charge in [0.1, 0.15) is 0 Å². The van der Waals surface area contributed by atoms with E-state index < -0.39 is 18.3 Å². The predicted octanol–water partition coefficient (Wildman–Crippen LogP) is 2.46. The van der Waals surface area contributed by atoms with Crippen LogP contribution in [0.5, 0.6) is 0 Å². The van der Waals surface area contributed by atoms with Gasteiger partial charge in [0, 0.05) is 18.0 Å². The highest BCUT2D eigenvalue weighted by Crippen LogP contribution is 2.37. The highest BCUT2D eigenvalue weighted by Gasteiger charge is 2.34.